The molecule has 2 aromatic heterocycles. The molecular weight excluding hydrogens is 470 g/mol. The molecule has 0 saturated carbocycles. The van der Waals surface area contributed by atoms with Crippen LogP contribution in [0.15, 0.2) is 27.8 Å². The fourth-order valence-electron chi connectivity index (χ4n) is 2.94. The number of alkyl halides is 4. The molecule has 30 heavy (non-hydrogen) atoms. The van der Waals surface area contributed by atoms with E-state index < -0.39 is 30.0 Å². The number of halogens is 5. The van der Waals surface area contributed by atoms with E-state index in [1.54, 1.807) is 0 Å². The Kier molecular flexibility index (Phi) is 6.08. The lowest BCUT2D eigenvalue weighted by Crippen LogP contribution is -2.21. The lowest BCUT2D eigenvalue weighted by atomic mass is 10.1. The average Bonchev–Trinajstić information content (AvgIpc) is 3.20. The Bertz CT molecular complexity index is 1160. The Labute approximate surface area is 179 Å². The van der Waals surface area contributed by atoms with Gasteiger partial charge in [0.05, 0.1) is 26.7 Å². The first-order valence-electron chi connectivity index (χ1n) is 8.15. The van der Waals surface area contributed by atoms with Crippen LogP contribution in [0, 0.1) is 6.92 Å². The zero-order valence-electron chi connectivity index (χ0n) is 15.0. The van der Waals surface area contributed by atoms with Crippen molar-refractivity contribution in [2.75, 3.05) is 0 Å². The first kappa shape index (κ1) is 22.4. The van der Waals surface area contributed by atoms with Gasteiger partial charge in [0, 0.05) is 16.5 Å². The fraction of sp³-hybridized carbons (Fsp3) is 0.222. The highest BCUT2D eigenvalue weighted by Gasteiger charge is 2.42. The topological polar surface area (TPSA) is 79.5 Å². The highest BCUT2D eigenvalue weighted by Crippen LogP contribution is 2.43. The van der Waals surface area contributed by atoms with Crippen LogP contribution in [-0.2, 0) is 11.2 Å². The number of carboxylic acid groups (broad SMARTS) is 1. The van der Waals surface area contributed by atoms with Gasteiger partial charge < -0.3 is 10.2 Å². The molecule has 0 aliphatic heterocycles. The summed E-state index contributed by atoms with van der Waals surface area (Å²) in [5, 5.41) is 16.1. The zero-order chi connectivity index (χ0) is 22.4. The molecule has 1 aromatic carbocycles. The van der Waals surface area contributed by atoms with Crippen molar-refractivity contribution in [3.8, 4) is 5.75 Å². The van der Waals surface area contributed by atoms with Crippen molar-refractivity contribution in [2.45, 2.75) is 29.2 Å². The number of rotatable bonds is 6. The van der Waals surface area contributed by atoms with Crippen molar-refractivity contribution in [3.05, 3.63) is 45.4 Å². The van der Waals surface area contributed by atoms with Gasteiger partial charge in [-0.15, -0.1) is 11.3 Å². The van der Waals surface area contributed by atoms with Gasteiger partial charge in [-0.25, -0.2) is 8.78 Å². The lowest BCUT2D eigenvalue weighted by Gasteiger charge is -2.12. The molecule has 0 bridgehead atoms. The van der Waals surface area contributed by atoms with E-state index in [2.05, 4.69) is 0 Å². The average molecular weight is 482 g/mol. The predicted molar refractivity (Wildman–Crippen MR) is 106 cm³/mol. The second kappa shape index (κ2) is 8.12. The summed E-state index contributed by atoms with van der Waals surface area (Å²) in [6.45, 7) is 1.48. The number of carbonyl (C=O) groups excluding carboxylic acids is 1. The molecule has 5 nitrogen and oxygen atoms in total. The number of nitrogens with zero attached hydrogens (tertiary/aromatic N) is 1. The zero-order valence-corrected chi connectivity index (χ0v) is 17.3. The number of phenols is 1. The van der Waals surface area contributed by atoms with Crippen LogP contribution in [0.4, 0.5) is 17.6 Å². The van der Waals surface area contributed by atoms with Crippen molar-refractivity contribution < 1.29 is 37.4 Å². The number of aromatic hydroxyl groups is 1. The van der Waals surface area contributed by atoms with Crippen LogP contribution in [0.3, 0.4) is 0 Å². The van der Waals surface area contributed by atoms with Crippen LogP contribution in [0.5, 0.6) is 5.75 Å². The molecule has 0 amide bonds. The van der Waals surface area contributed by atoms with Gasteiger partial charge in [0.2, 0.25) is 0 Å². The van der Waals surface area contributed by atoms with E-state index in [9.17, 15) is 37.4 Å². The summed E-state index contributed by atoms with van der Waals surface area (Å²) < 4.78 is 52.4. The number of thiophene rings is 1. The van der Waals surface area contributed by atoms with Crippen LogP contribution in [-0.4, -0.2) is 38.3 Å². The quantitative estimate of drug-likeness (QED) is 0.352. The summed E-state index contributed by atoms with van der Waals surface area (Å²) in [4.78, 5) is 24.3. The van der Waals surface area contributed by atoms with Gasteiger partial charge in [0.1, 0.15) is 5.75 Å². The first-order chi connectivity index (χ1) is 13.9. The number of benzene rings is 1. The largest absolute Gasteiger partial charge is 0.506 e. The second-order valence-corrected chi connectivity index (χ2v) is 8.92. The normalized spacial score (nSPS) is 12.1. The van der Waals surface area contributed by atoms with E-state index >= 15 is 0 Å². The van der Waals surface area contributed by atoms with Gasteiger partial charge in [-0.05, 0) is 42.4 Å². The monoisotopic (exact) mass is 481 g/mol. The summed E-state index contributed by atoms with van der Waals surface area (Å²) in [6.07, 6.45) is -4.34. The van der Waals surface area contributed by atoms with Gasteiger partial charge >= 0.3 is 17.6 Å². The van der Waals surface area contributed by atoms with Gasteiger partial charge in [0.15, 0.2) is 0 Å². The molecule has 160 valence electrons. The highest BCUT2D eigenvalue weighted by atomic mass is 35.5. The third-order valence-corrected chi connectivity index (χ3v) is 6.67. The number of fused-ring (bicyclic) bond motifs is 1. The smallest absolute Gasteiger partial charge is 0.358 e. The van der Waals surface area contributed by atoms with Crippen molar-refractivity contribution in [3.63, 3.8) is 0 Å². The number of carboxylic acids is 1. The summed E-state index contributed by atoms with van der Waals surface area (Å²) >= 11 is 6.50. The van der Waals surface area contributed by atoms with E-state index in [1.165, 1.54) is 24.4 Å². The predicted octanol–water partition coefficient (Wildman–Crippen LogP) is 5.64. The summed E-state index contributed by atoms with van der Waals surface area (Å²) in [6, 6.07) is 3.68. The van der Waals surface area contributed by atoms with Gasteiger partial charge in [0.25, 0.3) is 5.91 Å². The summed E-state index contributed by atoms with van der Waals surface area (Å²) in [7, 11) is 0. The first-order valence-corrected chi connectivity index (χ1v) is 10.2. The molecule has 12 heteroatoms. The van der Waals surface area contributed by atoms with E-state index in [0.717, 1.165) is 10.6 Å². The molecular formula is C18H12ClF4NO4S2. The summed E-state index contributed by atoms with van der Waals surface area (Å²) in [5.74, 6) is -2.17. The van der Waals surface area contributed by atoms with E-state index in [4.69, 9.17) is 11.6 Å². The van der Waals surface area contributed by atoms with E-state index in [0.29, 0.717) is 11.3 Å². The third-order valence-electron chi connectivity index (χ3n) is 4.26. The lowest BCUT2D eigenvalue weighted by molar-refractivity contribution is -0.136. The van der Waals surface area contributed by atoms with Crippen molar-refractivity contribution in [1.82, 2.24) is 4.57 Å². The number of aromatic nitrogens is 1. The number of aliphatic carboxylic acids is 1. The second-order valence-electron chi connectivity index (χ2n) is 6.19. The summed E-state index contributed by atoms with van der Waals surface area (Å²) in [5.41, 5.74) is 0.623. The Morgan fingerprint density at radius 3 is 2.60 bits per heavy atom. The van der Waals surface area contributed by atoms with Crippen LogP contribution >= 0.6 is 34.7 Å². The number of phenolic OH excluding ortho intramolecular Hbond substituents is 1. The van der Waals surface area contributed by atoms with Gasteiger partial charge in [-0.2, -0.15) is 8.78 Å². The van der Waals surface area contributed by atoms with Gasteiger partial charge in [-0.1, -0.05) is 11.6 Å². The molecule has 0 fully saturated rings. The molecule has 0 unspecified atom stereocenters. The molecule has 0 aliphatic carbocycles. The van der Waals surface area contributed by atoms with E-state index in [-0.39, 0.29) is 54.5 Å². The Morgan fingerprint density at radius 1 is 1.33 bits per heavy atom. The molecule has 2 heterocycles. The maximum absolute atomic E-state index is 13.3. The van der Waals surface area contributed by atoms with E-state index in [1.807, 2.05) is 0 Å². The number of carbonyl (C=O) groups is 2. The minimum absolute atomic E-state index is 0.0429. The SMILES string of the molecule is Cc1c(CC(=O)O)c2c(Cl)c(O)ccc2n1C(=O)c1csc(SC(F)(F)C(F)F)c1. The minimum Gasteiger partial charge on any atom is -0.506 e. The molecule has 3 aromatic rings. The van der Waals surface area contributed by atoms with Crippen LogP contribution < -0.4 is 0 Å². The highest BCUT2D eigenvalue weighted by molar-refractivity contribution is 8.02. The number of thioether (sulfide) groups is 1. The van der Waals surface area contributed by atoms with Crippen LogP contribution in [0.2, 0.25) is 5.02 Å². The number of hydrogen-bond donors (Lipinski definition) is 2. The molecule has 0 radical (unpaired) electrons. The maximum Gasteiger partial charge on any atom is 0.358 e. The standard InChI is InChI=1S/C18H12ClF4NO4S2/c1-7-9(5-12(26)27)14-10(2-3-11(25)15(14)19)24(7)16(28)8-4-13(29-6-8)30-18(22,23)17(20)21/h2-4,6,17,25H,5H2,1H3,(H,26,27). The molecule has 0 aliphatic rings. The maximum atomic E-state index is 13.3. The Hall–Kier alpha value is -2.24. The minimum atomic E-state index is -4.30. The van der Waals surface area contributed by atoms with Gasteiger partial charge in [-0.3, -0.25) is 14.2 Å². The van der Waals surface area contributed by atoms with Crippen molar-refractivity contribution >= 4 is 57.5 Å². The Balaban J connectivity index is 2.09. The molecule has 0 atom stereocenters. The Morgan fingerprint density at radius 2 is 2.00 bits per heavy atom. The van der Waals surface area contributed by atoms with Crippen molar-refractivity contribution in [1.29, 1.82) is 0 Å². The molecule has 3 rings (SSSR count). The number of hydrogen-bond acceptors (Lipinski definition) is 5. The molecule has 2 N–H and O–H groups in total. The fourth-order valence-corrected chi connectivity index (χ4v) is 5.04. The van der Waals surface area contributed by atoms with Crippen molar-refractivity contribution in [2.24, 2.45) is 0 Å². The third kappa shape index (κ3) is 4.01. The molecule has 0 spiro atoms. The molecule has 0 saturated heterocycles. The van der Waals surface area contributed by atoms with Crippen LogP contribution in [0.25, 0.3) is 10.9 Å². The van der Waals surface area contributed by atoms with Crippen LogP contribution in [0.1, 0.15) is 21.6 Å².